The summed E-state index contributed by atoms with van der Waals surface area (Å²) in [4.78, 5) is 28.4. The second-order valence-electron chi connectivity index (χ2n) is 9.97. The molecule has 4 rings (SSSR count). The predicted molar refractivity (Wildman–Crippen MR) is 149 cm³/mol. The van der Waals surface area contributed by atoms with Gasteiger partial charge in [0.2, 0.25) is 11.8 Å². The van der Waals surface area contributed by atoms with Crippen LogP contribution in [0.1, 0.15) is 44.6 Å². The normalized spacial score (nSPS) is 14.8. The number of amides is 2. The van der Waals surface area contributed by atoms with E-state index in [2.05, 4.69) is 5.32 Å². The minimum Gasteiger partial charge on any atom is -0.352 e. The molecule has 0 aliphatic heterocycles. The number of nitrogens with zero attached hydrogens (tertiary/aromatic N) is 2. The number of carbonyl (C=O) groups excluding carboxylic acids is 2. The molecule has 10 heteroatoms. The molecule has 1 fully saturated rings. The SMILES string of the molecule is CC(C(=O)NC1CCCCC1)N(Cc1ccc(F)cc1)C(=O)CN(c1ccc(F)cc1)S(=O)(=O)c1ccccc1. The van der Waals surface area contributed by atoms with E-state index in [0.29, 0.717) is 5.56 Å². The fraction of sp³-hybridized carbons (Fsp3) is 0.333. The molecule has 1 aliphatic carbocycles. The largest absolute Gasteiger partial charge is 0.352 e. The Labute approximate surface area is 233 Å². The number of benzene rings is 3. The van der Waals surface area contributed by atoms with Crippen LogP contribution in [0.5, 0.6) is 0 Å². The molecule has 0 radical (unpaired) electrons. The van der Waals surface area contributed by atoms with E-state index in [9.17, 15) is 26.8 Å². The highest BCUT2D eigenvalue weighted by Crippen LogP contribution is 2.25. The van der Waals surface area contributed by atoms with E-state index in [-0.39, 0.29) is 29.1 Å². The summed E-state index contributed by atoms with van der Waals surface area (Å²) in [6, 6.07) is 17.0. The molecule has 3 aromatic carbocycles. The van der Waals surface area contributed by atoms with Gasteiger partial charge in [0.25, 0.3) is 10.0 Å². The molecule has 0 spiro atoms. The van der Waals surface area contributed by atoms with Gasteiger partial charge in [-0.25, -0.2) is 17.2 Å². The van der Waals surface area contributed by atoms with Gasteiger partial charge in [0.05, 0.1) is 10.6 Å². The van der Waals surface area contributed by atoms with Crippen LogP contribution in [0.4, 0.5) is 14.5 Å². The first-order valence-corrected chi connectivity index (χ1v) is 14.8. The molecule has 0 heterocycles. The van der Waals surface area contributed by atoms with Crippen molar-refractivity contribution in [3.05, 3.63) is 96.1 Å². The molecule has 0 aromatic heterocycles. The van der Waals surface area contributed by atoms with Gasteiger partial charge >= 0.3 is 0 Å². The number of sulfonamides is 1. The van der Waals surface area contributed by atoms with E-state index in [1.165, 1.54) is 53.4 Å². The van der Waals surface area contributed by atoms with E-state index in [1.807, 2.05) is 0 Å². The maximum atomic E-state index is 13.9. The van der Waals surface area contributed by atoms with Crippen LogP contribution in [0.25, 0.3) is 0 Å². The topological polar surface area (TPSA) is 86.8 Å². The zero-order valence-corrected chi connectivity index (χ0v) is 23.1. The number of hydrogen-bond donors (Lipinski definition) is 1. The van der Waals surface area contributed by atoms with Crippen molar-refractivity contribution in [1.82, 2.24) is 10.2 Å². The first-order chi connectivity index (χ1) is 19.1. The van der Waals surface area contributed by atoms with Gasteiger partial charge in [-0.05, 0) is 73.9 Å². The lowest BCUT2D eigenvalue weighted by Crippen LogP contribution is -2.53. The van der Waals surface area contributed by atoms with Gasteiger partial charge < -0.3 is 10.2 Å². The third kappa shape index (κ3) is 7.24. The Balaban J connectivity index is 1.65. The molecule has 1 aliphatic rings. The number of carbonyl (C=O) groups is 2. The summed E-state index contributed by atoms with van der Waals surface area (Å²) in [6.45, 7) is 0.916. The average molecular weight is 570 g/mol. The van der Waals surface area contributed by atoms with E-state index in [0.717, 1.165) is 48.5 Å². The molecular weight excluding hydrogens is 536 g/mol. The van der Waals surface area contributed by atoms with Gasteiger partial charge in [-0.3, -0.25) is 13.9 Å². The molecule has 0 bridgehead atoms. The van der Waals surface area contributed by atoms with Crippen molar-refractivity contribution in [2.75, 3.05) is 10.8 Å². The Morgan fingerprint density at radius 1 is 0.875 bits per heavy atom. The zero-order valence-electron chi connectivity index (χ0n) is 22.3. The Morgan fingerprint density at radius 2 is 1.45 bits per heavy atom. The van der Waals surface area contributed by atoms with Crippen LogP contribution in [-0.4, -0.2) is 43.8 Å². The predicted octanol–water partition coefficient (Wildman–Crippen LogP) is 5.03. The van der Waals surface area contributed by atoms with Crippen LogP contribution in [0.15, 0.2) is 83.8 Å². The van der Waals surface area contributed by atoms with Gasteiger partial charge in [-0.1, -0.05) is 49.6 Å². The van der Waals surface area contributed by atoms with Crippen LogP contribution in [0.2, 0.25) is 0 Å². The van der Waals surface area contributed by atoms with Crippen LogP contribution >= 0.6 is 0 Å². The molecule has 7 nitrogen and oxygen atoms in total. The van der Waals surface area contributed by atoms with Crippen LogP contribution in [0, 0.1) is 11.6 Å². The van der Waals surface area contributed by atoms with Crippen LogP contribution in [-0.2, 0) is 26.2 Å². The smallest absolute Gasteiger partial charge is 0.264 e. The van der Waals surface area contributed by atoms with Gasteiger partial charge in [0.15, 0.2) is 0 Å². The molecular formula is C30H33F2N3O4S. The summed E-state index contributed by atoms with van der Waals surface area (Å²) in [5.74, 6) is -1.99. The molecule has 1 N–H and O–H groups in total. The van der Waals surface area contributed by atoms with E-state index in [1.54, 1.807) is 25.1 Å². The maximum absolute atomic E-state index is 13.9. The quantitative estimate of drug-likeness (QED) is 0.371. The Hall–Kier alpha value is -3.79. The van der Waals surface area contributed by atoms with E-state index in [4.69, 9.17) is 0 Å². The highest BCUT2D eigenvalue weighted by Gasteiger charge is 2.33. The molecule has 1 saturated carbocycles. The monoisotopic (exact) mass is 569 g/mol. The van der Waals surface area contributed by atoms with Gasteiger partial charge in [-0.15, -0.1) is 0 Å². The number of hydrogen-bond acceptors (Lipinski definition) is 4. The molecule has 1 unspecified atom stereocenters. The molecule has 0 saturated heterocycles. The zero-order chi connectivity index (χ0) is 28.7. The molecule has 2 amide bonds. The van der Waals surface area contributed by atoms with Crippen molar-refractivity contribution in [3.63, 3.8) is 0 Å². The summed E-state index contributed by atoms with van der Waals surface area (Å²) in [6.07, 6.45) is 4.87. The second-order valence-corrected chi connectivity index (χ2v) is 11.8. The van der Waals surface area contributed by atoms with Crippen molar-refractivity contribution in [2.45, 2.75) is 62.6 Å². The number of halogens is 2. The third-order valence-corrected chi connectivity index (χ3v) is 8.90. The summed E-state index contributed by atoms with van der Waals surface area (Å²) in [5, 5.41) is 3.03. The molecule has 40 heavy (non-hydrogen) atoms. The fourth-order valence-electron chi connectivity index (χ4n) is 4.79. The minimum absolute atomic E-state index is 0.0145. The average Bonchev–Trinajstić information content (AvgIpc) is 2.96. The lowest BCUT2D eigenvalue weighted by Gasteiger charge is -2.33. The standard InChI is InChI=1S/C30H33F2N3O4S/c1-22(30(37)33-26-8-4-2-5-9-26)34(20-23-12-14-24(31)15-13-23)29(36)21-35(27-18-16-25(32)17-19-27)40(38,39)28-10-6-3-7-11-28/h3,6-7,10-19,22,26H,2,4-5,8-9,20-21H2,1H3,(H,33,37). The van der Waals surface area contributed by atoms with Crippen molar-refractivity contribution in [2.24, 2.45) is 0 Å². The highest BCUT2D eigenvalue weighted by molar-refractivity contribution is 7.92. The Morgan fingerprint density at radius 3 is 2.05 bits per heavy atom. The molecule has 1 atom stereocenters. The summed E-state index contributed by atoms with van der Waals surface area (Å²) < 4.78 is 55.5. The maximum Gasteiger partial charge on any atom is 0.264 e. The molecule has 212 valence electrons. The van der Waals surface area contributed by atoms with Crippen molar-refractivity contribution in [3.8, 4) is 0 Å². The third-order valence-electron chi connectivity index (χ3n) is 7.11. The number of nitrogens with one attached hydrogen (secondary N) is 1. The Bertz CT molecular complexity index is 1400. The number of anilines is 1. The first kappa shape index (κ1) is 29.2. The summed E-state index contributed by atoms with van der Waals surface area (Å²) in [5.41, 5.74) is 0.672. The summed E-state index contributed by atoms with van der Waals surface area (Å²) >= 11 is 0. The van der Waals surface area contributed by atoms with Crippen molar-refractivity contribution < 1.29 is 26.8 Å². The lowest BCUT2D eigenvalue weighted by atomic mass is 9.95. The first-order valence-electron chi connectivity index (χ1n) is 13.3. The van der Waals surface area contributed by atoms with Crippen LogP contribution in [0.3, 0.4) is 0 Å². The van der Waals surface area contributed by atoms with Crippen molar-refractivity contribution in [1.29, 1.82) is 0 Å². The van der Waals surface area contributed by atoms with Gasteiger partial charge in [0, 0.05) is 12.6 Å². The van der Waals surface area contributed by atoms with E-state index >= 15 is 0 Å². The summed E-state index contributed by atoms with van der Waals surface area (Å²) in [7, 11) is -4.23. The highest BCUT2D eigenvalue weighted by atomic mass is 32.2. The van der Waals surface area contributed by atoms with E-state index < -0.39 is 40.2 Å². The number of rotatable bonds is 10. The van der Waals surface area contributed by atoms with Gasteiger partial charge in [0.1, 0.15) is 24.2 Å². The molecule has 3 aromatic rings. The van der Waals surface area contributed by atoms with Crippen LogP contribution < -0.4 is 9.62 Å². The fourth-order valence-corrected chi connectivity index (χ4v) is 6.23. The minimum atomic E-state index is -4.23. The van der Waals surface area contributed by atoms with Crippen molar-refractivity contribution >= 4 is 27.5 Å². The van der Waals surface area contributed by atoms with Gasteiger partial charge in [-0.2, -0.15) is 0 Å². The second kappa shape index (κ2) is 13.0. The lowest BCUT2D eigenvalue weighted by molar-refractivity contribution is -0.139. The Kier molecular flexibility index (Phi) is 9.52.